The highest BCUT2D eigenvalue weighted by atomic mass is 15.2. The summed E-state index contributed by atoms with van der Waals surface area (Å²) in [6.45, 7) is 2.71. The number of para-hydroxylation sites is 1. The fourth-order valence-electron chi connectivity index (χ4n) is 2.51. The highest BCUT2D eigenvalue weighted by Crippen LogP contribution is 2.29. The molecule has 0 amide bonds. The standard InChI is InChI=1S/C15H19N3/c16-8-10-18(13-5-6-13)11-12-7-9-17-15-4-2-1-3-14(12)15/h1-4,7,9,13H,5-6,8,10-11,16H2. The summed E-state index contributed by atoms with van der Waals surface area (Å²) in [5.74, 6) is 0. The molecule has 0 aliphatic heterocycles. The summed E-state index contributed by atoms with van der Waals surface area (Å²) in [6, 6.07) is 11.2. The number of hydrogen-bond donors (Lipinski definition) is 1. The number of nitrogens with two attached hydrogens (primary N) is 1. The van der Waals surface area contributed by atoms with Crippen LogP contribution in [0.2, 0.25) is 0 Å². The van der Waals surface area contributed by atoms with E-state index in [1.54, 1.807) is 0 Å². The molecule has 1 fully saturated rings. The quantitative estimate of drug-likeness (QED) is 0.872. The third-order valence-electron chi connectivity index (χ3n) is 3.59. The summed E-state index contributed by atoms with van der Waals surface area (Å²) in [6.07, 6.45) is 4.55. The summed E-state index contributed by atoms with van der Waals surface area (Å²) in [7, 11) is 0. The molecule has 0 spiro atoms. The van der Waals surface area contributed by atoms with Crippen molar-refractivity contribution in [1.82, 2.24) is 9.88 Å². The second kappa shape index (κ2) is 5.04. The van der Waals surface area contributed by atoms with Gasteiger partial charge in [0.1, 0.15) is 0 Å². The number of aromatic nitrogens is 1. The van der Waals surface area contributed by atoms with Crippen LogP contribution >= 0.6 is 0 Å². The van der Waals surface area contributed by atoms with Crippen LogP contribution < -0.4 is 5.73 Å². The third-order valence-corrected chi connectivity index (χ3v) is 3.59. The molecule has 0 unspecified atom stereocenters. The Hall–Kier alpha value is -1.45. The zero-order chi connectivity index (χ0) is 12.4. The molecule has 1 heterocycles. The highest BCUT2D eigenvalue weighted by Gasteiger charge is 2.28. The largest absolute Gasteiger partial charge is 0.329 e. The number of hydrogen-bond acceptors (Lipinski definition) is 3. The lowest BCUT2D eigenvalue weighted by molar-refractivity contribution is 0.263. The van der Waals surface area contributed by atoms with Crippen LogP contribution in [0.3, 0.4) is 0 Å². The fraction of sp³-hybridized carbons (Fsp3) is 0.400. The summed E-state index contributed by atoms with van der Waals surface area (Å²) >= 11 is 0. The van der Waals surface area contributed by atoms with Gasteiger partial charge in [0.25, 0.3) is 0 Å². The van der Waals surface area contributed by atoms with Crippen LogP contribution in [0.1, 0.15) is 18.4 Å². The van der Waals surface area contributed by atoms with E-state index in [1.165, 1.54) is 23.8 Å². The molecule has 2 N–H and O–H groups in total. The molecule has 1 aromatic carbocycles. The molecule has 1 aliphatic rings. The van der Waals surface area contributed by atoms with Crippen LogP contribution in [0, 0.1) is 0 Å². The van der Waals surface area contributed by atoms with Gasteiger partial charge in [-0.2, -0.15) is 0 Å². The van der Waals surface area contributed by atoms with Gasteiger partial charge in [-0.25, -0.2) is 0 Å². The summed E-state index contributed by atoms with van der Waals surface area (Å²) in [5.41, 5.74) is 8.15. The summed E-state index contributed by atoms with van der Waals surface area (Å²) < 4.78 is 0. The normalized spacial score (nSPS) is 15.4. The zero-order valence-corrected chi connectivity index (χ0v) is 10.5. The van der Waals surface area contributed by atoms with Crippen molar-refractivity contribution in [1.29, 1.82) is 0 Å². The molecule has 0 saturated heterocycles. The van der Waals surface area contributed by atoms with Gasteiger partial charge in [0.05, 0.1) is 5.52 Å². The van der Waals surface area contributed by atoms with Crippen LogP contribution in [-0.2, 0) is 6.54 Å². The topological polar surface area (TPSA) is 42.1 Å². The molecule has 0 atom stereocenters. The lowest BCUT2D eigenvalue weighted by Gasteiger charge is -2.21. The van der Waals surface area contributed by atoms with E-state index in [0.717, 1.165) is 31.2 Å². The van der Waals surface area contributed by atoms with Crippen LogP contribution in [0.4, 0.5) is 0 Å². The van der Waals surface area contributed by atoms with Gasteiger partial charge in [0, 0.05) is 37.3 Å². The Balaban J connectivity index is 1.88. The molecule has 1 aliphatic carbocycles. The Morgan fingerprint density at radius 3 is 2.83 bits per heavy atom. The molecule has 0 bridgehead atoms. The van der Waals surface area contributed by atoms with E-state index >= 15 is 0 Å². The number of pyridine rings is 1. The molecular weight excluding hydrogens is 222 g/mol. The van der Waals surface area contributed by atoms with Crippen LogP contribution in [0.25, 0.3) is 10.9 Å². The minimum Gasteiger partial charge on any atom is -0.329 e. The van der Waals surface area contributed by atoms with Crippen molar-refractivity contribution in [3.63, 3.8) is 0 Å². The lowest BCUT2D eigenvalue weighted by Crippen LogP contribution is -2.31. The van der Waals surface area contributed by atoms with Crippen molar-refractivity contribution in [2.45, 2.75) is 25.4 Å². The Bertz CT molecular complexity index is 529. The second-order valence-corrected chi connectivity index (χ2v) is 4.98. The highest BCUT2D eigenvalue weighted by molar-refractivity contribution is 5.81. The molecule has 2 aromatic rings. The van der Waals surface area contributed by atoms with Gasteiger partial charge >= 0.3 is 0 Å². The average Bonchev–Trinajstić information content (AvgIpc) is 3.23. The first-order chi connectivity index (χ1) is 8.88. The first kappa shape index (κ1) is 11.6. The van der Waals surface area contributed by atoms with Crippen molar-refractivity contribution in [3.8, 4) is 0 Å². The molecule has 3 heteroatoms. The van der Waals surface area contributed by atoms with Crippen molar-refractivity contribution in [3.05, 3.63) is 42.1 Å². The van der Waals surface area contributed by atoms with Gasteiger partial charge in [-0.1, -0.05) is 18.2 Å². The number of nitrogens with zero attached hydrogens (tertiary/aromatic N) is 2. The number of rotatable bonds is 5. The van der Waals surface area contributed by atoms with Crippen molar-refractivity contribution >= 4 is 10.9 Å². The predicted octanol–water partition coefficient (Wildman–Crippen LogP) is 2.16. The van der Waals surface area contributed by atoms with Gasteiger partial charge in [-0.15, -0.1) is 0 Å². The van der Waals surface area contributed by atoms with E-state index in [2.05, 4.69) is 34.1 Å². The van der Waals surface area contributed by atoms with E-state index in [-0.39, 0.29) is 0 Å². The molecule has 94 valence electrons. The molecule has 1 saturated carbocycles. The summed E-state index contributed by atoms with van der Waals surface area (Å²) in [4.78, 5) is 6.91. The third kappa shape index (κ3) is 2.37. The van der Waals surface area contributed by atoms with E-state index in [4.69, 9.17) is 5.73 Å². The van der Waals surface area contributed by atoms with Gasteiger partial charge in [-0.3, -0.25) is 9.88 Å². The van der Waals surface area contributed by atoms with Crippen molar-refractivity contribution < 1.29 is 0 Å². The van der Waals surface area contributed by atoms with Gasteiger partial charge in [0.15, 0.2) is 0 Å². The first-order valence-corrected chi connectivity index (χ1v) is 6.65. The Kier molecular flexibility index (Phi) is 3.26. The van der Waals surface area contributed by atoms with E-state index in [9.17, 15) is 0 Å². The van der Waals surface area contributed by atoms with Crippen molar-refractivity contribution in [2.75, 3.05) is 13.1 Å². The molecule has 0 radical (unpaired) electrons. The minimum absolute atomic E-state index is 0.736. The maximum Gasteiger partial charge on any atom is 0.0705 e. The monoisotopic (exact) mass is 241 g/mol. The zero-order valence-electron chi connectivity index (χ0n) is 10.5. The average molecular weight is 241 g/mol. The minimum atomic E-state index is 0.736. The maximum atomic E-state index is 5.71. The van der Waals surface area contributed by atoms with E-state index in [1.807, 2.05) is 12.3 Å². The molecule has 1 aromatic heterocycles. The predicted molar refractivity (Wildman–Crippen MR) is 74.2 cm³/mol. The van der Waals surface area contributed by atoms with Gasteiger partial charge in [0.2, 0.25) is 0 Å². The van der Waals surface area contributed by atoms with Gasteiger partial charge < -0.3 is 5.73 Å². The number of fused-ring (bicyclic) bond motifs is 1. The first-order valence-electron chi connectivity index (χ1n) is 6.65. The number of benzene rings is 1. The second-order valence-electron chi connectivity index (χ2n) is 4.98. The van der Waals surface area contributed by atoms with Crippen LogP contribution in [0.5, 0.6) is 0 Å². The fourth-order valence-corrected chi connectivity index (χ4v) is 2.51. The lowest BCUT2D eigenvalue weighted by atomic mass is 10.1. The Morgan fingerprint density at radius 1 is 1.22 bits per heavy atom. The van der Waals surface area contributed by atoms with E-state index in [0.29, 0.717) is 0 Å². The van der Waals surface area contributed by atoms with Crippen molar-refractivity contribution in [2.24, 2.45) is 5.73 Å². The Labute approximate surface area is 108 Å². The van der Waals surface area contributed by atoms with Gasteiger partial charge in [-0.05, 0) is 30.5 Å². The smallest absolute Gasteiger partial charge is 0.0705 e. The SMILES string of the molecule is NCCN(Cc1ccnc2ccccc12)C1CC1. The molecule has 3 rings (SSSR count). The maximum absolute atomic E-state index is 5.71. The molecular formula is C15H19N3. The summed E-state index contributed by atoms with van der Waals surface area (Å²) in [5, 5.41) is 1.27. The van der Waals surface area contributed by atoms with Crippen LogP contribution in [-0.4, -0.2) is 29.0 Å². The molecule has 18 heavy (non-hydrogen) atoms. The van der Waals surface area contributed by atoms with Crippen LogP contribution in [0.15, 0.2) is 36.5 Å². The van der Waals surface area contributed by atoms with E-state index < -0.39 is 0 Å². The Morgan fingerprint density at radius 2 is 2.06 bits per heavy atom. The molecule has 3 nitrogen and oxygen atoms in total.